The van der Waals surface area contributed by atoms with Gasteiger partial charge in [0.15, 0.2) is 11.8 Å². The summed E-state index contributed by atoms with van der Waals surface area (Å²) in [4.78, 5) is 12.3. The van der Waals surface area contributed by atoms with Gasteiger partial charge in [0.2, 0.25) is 0 Å². The standard InChI is InChI=1S/C27H28ClN5O5S/c1-3-29-39(2,35)33-18-10-8-16(9-11-18)15-4-6-17(7-5-15)23-19(28)12-20-26(31-23)32-27(30-20)38-22-14-37-24-21(34)13-36-25(22)24/h4-12,21-22,24-25,34H,3,13-14H2,1-2H3,(H,29,33,35)(H,30,31,32)/t21?,22?,24-,25?,39?/m1/s1. The van der Waals surface area contributed by atoms with Gasteiger partial charge < -0.3 is 24.3 Å². The second kappa shape index (κ2) is 10.5. The summed E-state index contributed by atoms with van der Waals surface area (Å²) in [6.07, 6.45) is -0.153. The van der Waals surface area contributed by atoms with Crippen LogP contribution in [-0.2, 0) is 19.4 Å². The minimum atomic E-state index is -2.46. The van der Waals surface area contributed by atoms with Crippen molar-refractivity contribution < 1.29 is 23.5 Å². The zero-order valence-electron chi connectivity index (χ0n) is 21.3. The maximum Gasteiger partial charge on any atom is 0.296 e. The first kappa shape index (κ1) is 26.2. The molecule has 2 aromatic carbocycles. The Kier molecular flexibility index (Phi) is 7.04. The number of rotatable bonds is 7. The summed E-state index contributed by atoms with van der Waals surface area (Å²) in [6.45, 7) is 3.02. The van der Waals surface area contributed by atoms with E-state index in [0.717, 1.165) is 16.7 Å². The number of H-pyrrole nitrogens is 1. The lowest BCUT2D eigenvalue weighted by Gasteiger charge is -2.15. The molecule has 5 atom stereocenters. The van der Waals surface area contributed by atoms with Crippen LogP contribution in [0.25, 0.3) is 33.5 Å². The molecule has 4 unspecified atom stereocenters. The molecule has 0 spiro atoms. The highest BCUT2D eigenvalue weighted by Gasteiger charge is 2.48. The Morgan fingerprint density at radius 1 is 1.08 bits per heavy atom. The Morgan fingerprint density at radius 3 is 2.46 bits per heavy atom. The molecule has 2 saturated heterocycles. The van der Waals surface area contributed by atoms with Crippen molar-refractivity contribution in [2.24, 2.45) is 4.36 Å². The molecule has 2 aliphatic heterocycles. The lowest BCUT2D eigenvalue weighted by Crippen LogP contribution is -2.34. The van der Waals surface area contributed by atoms with Gasteiger partial charge in [0.1, 0.15) is 28.2 Å². The van der Waals surface area contributed by atoms with Gasteiger partial charge in [-0.2, -0.15) is 9.35 Å². The number of pyridine rings is 1. The first-order valence-electron chi connectivity index (χ1n) is 12.6. The zero-order valence-corrected chi connectivity index (χ0v) is 22.9. The Hall–Kier alpha value is -3.06. The van der Waals surface area contributed by atoms with Gasteiger partial charge in [0, 0.05) is 18.4 Å². The highest BCUT2D eigenvalue weighted by atomic mass is 35.5. The third-order valence-electron chi connectivity index (χ3n) is 6.70. The summed E-state index contributed by atoms with van der Waals surface area (Å²) < 4.78 is 36.8. The number of aromatic amines is 1. The van der Waals surface area contributed by atoms with E-state index in [4.69, 9.17) is 25.8 Å². The summed E-state index contributed by atoms with van der Waals surface area (Å²) in [5.74, 6) is 0. The Morgan fingerprint density at radius 2 is 1.74 bits per heavy atom. The molecule has 39 heavy (non-hydrogen) atoms. The Labute approximate surface area is 231 Å². The monoisotopic (exact) mass is 569 g/mol. The fourth-order valence-electron chi connectivity index (χ4n) is 4.88. The molecule has 2 fully saturated rings. The quantitative estimate of drug-likeness (QED) is 0.305. The highest BCUT2D eigenvalue weighted by Crippen LogP contribution is 2.33. The smallest absolute Gasteiger partial charge is 0.296 e. The number of halogens is 1. The van der Waals surface area contributed by atoms with Crippen LogP contribution in [0.4, 0.5) is 5.69 Å². The van der Waals surface area contributed by atoms with Crippen molar-refractivity contribution >= 4 is 38.4 Å². The maximum atomic E-state index is 12.4. The van der Waals surface area contributed by atoms with Gasteiger partial charge >= 0.3 is 0 Å². The molecule has 0 bridgehead atoms. The van der Waals surface area contributed by atoms with Crippen molar-refractivity contribution in [1.82, 2.24) is 19.7 Å². The summed E-state index contributed by atoms with van der Waals surface area (Å²) in [7, 11) is -2.46. The number of imidazole rings is 1. The van der Waals surface area contributed by atoms with Crippen LogP contribution >= 0.6 is 11.6 Å². The zero-order chi connectivity index (χ0) is 27.1. The van der Waals surface area contributed by atoms with Gasteiger partial charge in [-0.1, -0.05) is 54.9 Å². The minimum absolute atomic E-state index is 0.230. The van der Waals surface area contributed by atoms with Crippen molar-refractivity contribution in [1.29, 1.82) is 0 Å². The van der Waals surface area contributed by atoms with Gasteiger partial charge in [-0.3, -0.25) is 0 Å². The van der Waals surface area contributed by atoms with Crippen LogP contribution in [0.2, 0.25) is 5.02 Å². The number of benzene rings is 2. The summed E-state index contributed by atoms with van der Waals surface area (Å²) in [5, 5.41) is 10.4. The molecular formula is C27H28ClN5O5S. The number of ether oxygens (including phenoxy) is 3. The van der Waals surface area contributed by atoms with Crippen LogP contribution in [0.1, 0.15) is 6.92 Å². The van der Waals surface area contributed by atoms with E-state index >= 15 is 0 Å². The second-order valence-corrected chi connectivity index (χ2v) is 12.1. The van der Waals surface area contributed by atoms with E-state index in [2.05, 4.69) is 24.0 Å². The number of aliphatic hydroxyl groups is 1. The molecule has 12 heteroatoms. The molecule has 0 aliphatic carbocycles. The number of hydrogen-bond acceptors (Lipinski definition) is 8. The predicted octanol–water partition coefficient (Wildman–Crippen LogP) is 4.11. The molecule has 204 valence electrons. The lowest BCUT2D eigenvalue weighted by molar-refractivity contribution is 0.00706. The fraction of sp³-hybridized carbons (Fsp3) is 0.333. The van der Waals surface area contributed by atoms with E-state index < -0.39 is 16.0 Å². The van der Waals surface area contributed by atoms with Crippen molar-refractivity contribution in [2.75, 3.05) is 26.0 Å². The van der Waals surface area contributed by atoms with Crippen LogP contribution in [0, 0.1) is 0 Å². The Balaban J connectivity index is 1.20. The molecule has 0 saturated carbocycles. The number of aromatic nitrogens is 3. The third-order valence-corrected chi connectivity index (χ3v) is 8.37. The van der Waals surface area contributed by atoms with E-state index in [0.29, 0.717) is 46.7 Å². The first-order chi connectivity index (χ1) is 18.8. The van der Waals surface area contributed by atoms with Crippen molar-refractivity contribution in [2.45, 2.75) is 31.3 Å². The first-order valence-corrected chi connectivity index (χ1v) is 14.9. The van der Waals surface area contributed by atoms with Gasteiger partial charge in [0.25, 0.3) is 6.01 Å². The molecule has 6 rings (SSSR count). The third kappa shape index (κ3) is 5.38. The molecule has 0 radical (unpaired) electrons. The van der Waals surface area contributed by atoms with Crippen molar-refractivity contribution in [3.05, 3.63) is 59.6 Å². The van der Waals surface area contributed by atoms with Crippen LogP contribution in [0.5, 0.6) is 6.01 Å². The van der Waals surface area contributed by atoms with Crippen LogP contribution in [0.3, 0.4) is 0 Å². The van der Waals surface area contributed by atoms with Crippen LogP contribution in [0.15, 0.2) is 59.0 Å². The topological polar surface area (TPSA) is 131 Å². The normalized spacial score (nSPS) is 24.0. The van der Waals surface area contributed by atoms with Gasteiger partial charge in [-0.15, -0.1) is 0 Å². The summed E-state index contributed by atoms with van der Waals surface area (Å²) >= 11 is 6.60. The maximum absolute atomic E-state index is 12.4. The number of hydrogen-bond donors (Lipinski definition) is 3. The Bertz CT molecular complexity index is 1620. The van der Waals surface area contributed by atoms with E-state index in [1.165, 1.54) is 0 Å². The number of nitrogens with one attached hydrogen (secondary N) is 2. The molecule has 4 heterocycles. The highest BCUT2D eigenvalue weighted by molar-refractivity contribution is 7.91. The van der Waals surface area contributed by atoms with Crippen molar-refractivity contribution in [3.63, 3.8) is 0 Å². The van der Waals surface area contributed by atoms with E-state index in [-0.39, 0.29) is 24.9 Å². The van der Waals surface area contributed by atoms with Crippen molar-refractivity contribution in [3.8, 4) is 28.4 Å². The second-order valence-electron chi connectivity index (χ2n) is 9.57. The SMILES string of the molecule is CCNS(C)(=O)=Nc1ccc(-c2ccc(-c3nc4nc(OC5CO[C@@H]6C(O)COC56)[nH]c4cc3Cl)cc2)cc1. The summed E-state index contributed by atoms with van der Waals surface area (Å²) in [5.41, 5.74) is 5.25. The van der Waals surface area contributed by atoms with Gasteiger partial charge in [-0.05, 0) is 29.3 Å². The fourth-order valence-corrected chi connectivity index (χ4v) is 6.26. The van der Waals surface area contributed by atoms with Gasteiger partial charge in [0.05, 0.1) is 35.1 Å². The average Bonchev–Trinajstić information content (AvgIpc) is 3.60. The molecular weight excluding hydrogens is 542 g/mol. The van der Waals surface area contributed by atoms with E-state index in [1.807, 2.05) is 55.5 Å². The average molecular weight is 570 g/mol. The van der Waals surface area contributed by atoms with Crippen LogP contribution in [-0.4, -0.2) is 74.7 Å². The van der Waals surface area contributed by atoms with Gasteiger partial charge in [-0.25, -0.2) is 13.9 Å². The molecule has 0 amide bonds. The minimum Gasteiger partial charge on any atom is -0.456 e. The molecule has 4 aromatic rings. The molecule has 10 nitrogen and oxygen atoms in total. The van der Waals surface area contributed by atoms with E-state index in [1.54, 1.807) is 12.3 Å². The number of aliphatic hydroxyl groups excluding tert-OH is 1. The number of fused-ring (bicyclic) bond motifs is 2. The van der Waals surface area contributed by atoms with Crippen LogP contribution < -0.4 is 9.46 Å². The summed E-state index contributed by atoms with van der Waals surface area (Å²) in [6, 6.07) is 17.6. The molecule has 3 N–H and O–H groups in total. The molecule has 2 aromatic heterocycles. The predicted molar refractivity (Wildman–Crippen MR) is 150 cm³/mol. The molecule has 2 aliphatic rings. The lowest BCUT2D eigenvalue weighted by atomic mass is 10.0. The largest absolute Gasteiger partial charge is 0.456 e. The van der Waals surface area contributed by atoms with E-state index in [9.17, 15) is 9.32 Å². The number of nitrogens with zero attached hydrogens (tertiary/aromatic N) is 3.